The van der Waals surface area contributed by atoms with Gasteiger partial charge in [0.15, 0.2) is 6.10 Å². The van der Waals surface area contributed by atoms with Crippen molar-refractivity contribution in [3.8, 4) is 5.75 Å². The summed E-state index contributed by atoms with van der Waals surface area (Å²) in [6.45, 7) is 0. The summed E-state index contributed by atoms with van der Waals surface area (Å²) in [7, 11) is 1.32. The number of ether oxygens (including phenoxy) is 2. The van der Waals surface area contributed by atoms with Crippen LogP contribution in [0.2, 0.25) is 0 Å². The molecule has 0 radical (unpaired) electrons. The van der Waals surface area contributed by atoms with Gasteiger partial charge in [-0.25, -0.2) is 9.59 Å². The van der Waals surface area contributed by atoms with Crippen molar-refractivity contribution in [2.45, 2.75) is 12.2 Å². The highest BCUT2D eigenvalue weighted by Gasteiger charge is 2.26. The van der Waals surface area contributed by atoms with Gasteiger partial charge in [0.1, 0.15) is 11.9 Å². The van der Waals surface area contributed by atoms with Crippen molar-refractivity contribution in [2.24, 2.45) is 0 Å². The Balaban J connectivity index is 2.20. The summed E-state index contributed by atoms with van der Waals surface area (Å²) in [5.74, 6) is -1.85. The number of aliphatic carboxylic acids is 1. The lowest BCUT2D eigenvalue weighted by atomic mass is 10.0. The topological polar surface area (TPSA) is 122 Å². The second-order valence-corrected chi connectivity index (χ2v) is 5.64. The quantitative estimate of drug-likeness (QED) is 0.626. The number of carbonyl (C=O) groups excluding carboxylic acids is 2. The fourth-order valence-electron chi connectivity index (χ4n) is 2.37. The summed E-state index contributed by atoms with van der Waals surface area (Å²) in [4.78, 5) is 35.1. The van der Waals surface area contributed by atoms with Gasteiger partial charge in [-0.15, -0.1) is 0 Å². The lowest BCUT2D eigenvalue weighted by Gasteiger charge is -2.24. The maximum Gasteiger partial charge on any atom is 0.414 e. The molecule has 0 saturated heterocycles. The highest BCUT2D eigenvalue weighted by Crippen LogP contribution is 2.26. The van der Waals surface area contributed by atoms with Crippen LogP contribution in [-0.2, 0) is 14.3 Å². The zero-order valence-corrected chi connectivity index (χ0v) is 14.9. The molecular weight excluding hydrogens is 366 g/mol. The second-order valence-electron chi connectivity index (χ2n) is 5.64. The van der Waals surface area contributed by atoms with Crippen LogP contribution in [0.3, 0.4) is 0 Å². The molecule has 0 aliphatic rings. The van der Waals surface area contributed by atoms with Gasteiger partial charge in [0, 0.05) is 18.7 Å². The van der Waals surface area contributed by atoms with Crippen molar-refractivity contribution in [1.29, 1.82) is 0 Å². The molecule has 28 heavy (non-hydrogen) atoms. The smallest absolute Gasteiger partial charge is 0.414 e. The summed E-state index contributed by atoms with van der Waals surface area (Å²) >= 11 is 0. The molecule has 0 spiro atoms. The fourth-order valence-corrected chi connectivity index (χ4v) is 2.37. The number of hydrogen-bond donors (Lipinski definition) is 3. The summed E-state index contributed by atoms with van der Waals surface area (Å²) in [5, 5.41) is 20.4. The molecule has 0 heterocycles. The van der Waals surface area contributed by atoms with Crippen LogP contribution in [0.1, 0.15) is 22.0 Å². The van der Waals surface area contributed by atoms with Gasteiger partial charge in [-0.2, -0.15) is 0 Å². The second kappa shape index (κ2) is 9.89. The lowest BCUT2D eigenvalue weighted by Crippen LogP contribution is -2.34. The average Bonchev–Trinajstić information content (AvgIpc) is 2.68. The van der Waals surface area contributed by atoms with E-state index in [4.69, 9.17) is 14.6 Å². The predicted octanol–water partition coefficient (Wildman–Crippen LogP) is 2.66. The molecule has 2 amide bonds. The number of imide groups is 1. The van der Waals surface area contributed by atoms with E-state index >= 15 is 0 Å². The molecule has 2 aromatic rings. The molecule has 8 nitrogen and oxygen atoms in total. The first-order valence-corrected chi connectivity index (χ1v) is 8.20. The van der Waals surface area contributed by atoms with E-state index in [0.29, 0.717) is 5.56 Å². The number of nitrogens with one attached hydrogen (secondary N) is 1. The number of benzene rings is 2. The van der Waals surface area contributed by atoms with E-state index in [9.17, 15) is 19.5 Å². The van der Waals surface area contributed by atoms with E-state index in [1.54, 1.807) is 18.2 Å². The number of carboxylic acids is 1. The number of hydrogen-bond acceptors (Lipinski definition) is 6. The van der Waals surface area contributed by atoms with E-state index in [0.717, 1.165) is 6.08 Å². The van der Waals surface area contributed by atoms with Gasteiger partial charge in [-0.3, -0.25) is 10.1 Å². The molecule has 2 aromatic carbocycles. The zero-order chi connectivity index (χ0) is 20.5. The van der Waals surface area contributed by atoms with Gasteiger partial charge in [0.05, 0.1) is 0 Å². The fraction of sp³-hybridized carbons (Fsp3) is 0.150. The molecule has 0 fully saturated rings. The summed E-state index contributed by atoms with van der Waals surface area (Å²) in [5.41, 5.74) is 0.705. The molecule has 0 bridgehead atoms. The molecule has 0 aromatic heterocycles. The number of aromatic hydroxyl groups is 1. The third kappa shape index (κ3) is 5.96. The Morgan fingerprint density at radius 3 is 2.25 bits per heavy atom. The predicted molar refractivity (Wildman–Crippen MR) is 98.8 cm³/mol. The van der Waals surface area contributed by atoms with E-state index in [1.165, 1.54) is 49.6 Å². The maximum absolute atomic E-state index is 12.2. The number of alkyl carbamates (subject to hydrolysis) is 1. The van der Waals surface area contributed by atoms with Crippen LogP contribution in [0.25, 0.3) is 0 Å². The Bertz CT molecular complexity index is 847. The van der Waals surface area contributed by atoms with Crippen molar-refractivity contribution in [3.05, 3.63) is 77.9 Å². The van der Waals surface area contributed by atoms with Crippen LogP contribution in [0.4, 0.5) is 4.79 Å². The molecule has 0 aliphatic heterocycles. The summed E-state index contributed by atoms with van der Waals surface area (Å²) in [6.07, 6.45) is -0.967. The molecule has 2 rings (SSSR count). The van der Waals surface area contributed by atoms with Crippen molar-refractivity contribution >= 4 is 18.0 Å². The number of rotatable bonds is 7. The van der Waals surface area contributed by atoms with E-state index in [-0.39, 0.29) is 11.3 Å². The molecule has 146 valence electrons. The van der Waals surface area contributed by atoms with Crippen LogP contribution in [0, 0.1) is 0 Å². The molecule has 2 atom stereocenters. The highest BCUT2D eigenvalue weighted by molar-refractivity contribution is 6.02. The minimum absolute atomic E-state index is 0.00116. The number of carbonyl (C=O) groups is 3. The molecule has 0 unspecified atom stereocenters. The molecular formula is C20H19NO7. The molecule has 3 N–H and O–H groups in total. The number of amides is 2. The van der Waals surface area contributed by atoms with Crippen LogP contribution in [0.5, 0.6) is 5.75 Å². The normalized spacial score (nSPS) is 12.9. The number of phenolic OH excluding ortho intramolecular Hbond substituents is 1. The lowest BCUT2D eigenvalue weighted by molar-refractivity contribution is -0.131. The standard InChI is InChI=1S/C20H19NO7/c1-27-16(11-12-17(23)24)18(13-7-9-15(22)10-8-13)28-20(26)21-19(25)14-5-3-2-4-6-14/h2-12,16,18,22H,1H3,(H,23,24)(H,21,25,26)/b12-11+/t16-,18-/m1/s1. The maximum atomic E-state index is 12.2. The Morgan fingerprint density at radius 1 is 1.04 bits per heavy atom. The molecule has 0 aliphatic carbocycles. The van der Waals surface area contributed by atoms with E-state index in [1.807, 2.05) is 0 Å². The first-order valence-electron chi connectivity index (χ1n) is 8.20. The Morgan fingerprint density at radius 2 is 1.68 bits per heavy atom. The Kier molecular flexibility index (Phi) is 7.29. The minimum Gasteiger partial charge on any atom is -0.508 e. The van der Waals surface area contributed by atoms with Gasteiger partial charge in [0.2, 0.25) is 0 Å². The largest absolute Gasteiger partial charge is 0.508 e. The van der Waals surface area contributed by atoms with Crippen molar-refractivity contribution < 1.29 is 34.1 Å². The summed E-state index contributed by atoms with van der Waals surface area (Å²) < 4.78 is 10.6. The van der Waals surface area contributed by atoms with Gasteiger partial charge in [-0.1, -0.05) is 30.3 Å². The number of carboxylic acid groups (broad SMARTS) is 1. The van der Waals surface area contributed by atoms with Crippen molar-refractivity contribution in [1.82, 2.24) is 5.32 Å². The zero-order valence-electron chi connectivity index (χ0n) is 14.9. The van der Waals surface area contributed by atoms with Gasteiger partial charge in [-0.05, 0) is 35.9 Å². The third-order valence-electron chi connectivity index (χ3n) is 3.71. The number of phenols is 1. The molecule has 0 saturated carbocycles. The van der Waals surface area contributed by atoms with Gasteiger partial charge in [0.25, 0.3) is 5.91 Å². The summed E-state index contributed by atoms with van der Waals surface area (Å²) in [6, 6.07) is 13.8. The van der Waals surface area contributed by atoms with Crippen LogP contribution in [0.15, 0.2) is 66.7 Å². The van der Waals surface area contributed by atoms with Gasteiger partial charge >= 0.3 is 12.1 Å². The Hall–Kier alpha value is -3.65. The third-order valence-corrected chi connectivity index (χ3v) is 3.71. The van der Waals surface area contributed by atoms with E-state index in [2.05, 4.69) is 5.32 Å². The molecule has 8 heteroatoms. The van der Waals surface area contributed by atoms with Crippen molar-refractivity contribution in [3.63, 3.8) is 0 Å². The van der Waals surface area contributed by atoms with E-state index < -0.39 is 30.2 Å². The minimum atomic E-state index is -1.20. The SMILES string of the molecule is CO[C@H](/C=C/C(=O)O)[C@H](OC(=O)NC(=O)c1ccccc1)c1ccc(O)cc1. The highest BCUT2D eigenvalue weighted by atomic mass is 16.6. The van der Waals surface area contributed by atoms with Crippen LogP contribution < -0.4 is 5.32 Å². The average molecular weight is 385 g/mol. The van der Waals surface area contributed by atoms with Gasteiger partial charge < -0.3 is 19.7 Å². The first kappa shape index (κ1) is 20.7. The monoisotopic (exact) mass is 385 g/mol. The van der Waals surface area contributed by atoms with Crippen LogP contribution in [-0.4, -0.2) is 41.4 Å². The first-order chi connectivity index (χ1) is 13.4. The van der Waals surface area contributed by atoms with Crippen LogP contribution >= 0.6 is 0 Å². The number of methoxy groups -OCH3 is 1. The van der Waals surface area contributed by atoms with Crippen molar-refractivity contribution in [2.75, 3.05) is 7.11 Å². The Labute approximate surface area is 161 Å².